The first-order chi connectivity index (χ1) is 15.6. The smallest absolute Gasteiger partial charge is 0.341 e. The summed E-state index contributed by atoms with van der Waals surface area (Å²) < 4.78 is 7.33. The minimum Gasteiger partial charge on any atom is -0.462 e. The number of benzene rings is 2. The molecule has 0 aliphatic heterocycles. The van der Waals surface area contributed by atoms with Gasteiger partial charge in [0.25, 0.3) is 0 Å². The highest BCUT2D eigenvalue weighted by molar-refractivity contribution is 7.99. The lowest BCUT2D eigenvalue weighted by atomic mass is 10.1. The molecular formula is C25H24N4O2S. The number of rotatable bonds is 7. The molecule has 0 spiro atoms. The summed E-state index contributed by atoms with van der Waals surface area (Å²) in [5, 5.41) is 9.67. The Morgan fingerprint density at radius 3 is 2.38 bits per heavy atom. The number of carbonyl (C=O) groups excluding carboxylic acids is 1. The Balaban J connectivity index is 1.79. The summed E-state index contributed by atoms with van der Waals surface area (Å²) in [4.78, 5) is 17.9. The highest BCUT2D eigenvalue weighted by Crippen LogP contribution is 2.34. The molecule has 0 amide bonds. The van der Waals surface area contributed by atoms with Gasteiger partial charge in [0.2, 0.25) is 5.16 Å². The van der Waals surface area contributed by atoms with Crippen molar-refractivity contribution in [2.75, 3.05) is 6.61 Å². The van der Waals surface area contributed by atoms with Crippen molar-refractivity contribution in [1.82, 2.24) is 19.7 Å². The molecule has 0 atom stereocenters. The second-order valence-corrected chi connectivity index (χ2v) is 8.29. The summed E-state index contributed by atoms with van der Waals surface area (Å²) in [6, 6.07) is 22.1. The van der Waals surface area contributed by atoms with E-state index in [2.05, 4.69) is 27.3 Å². The first-order valence-corrected chi connectivity index (χ1v) is 11.2. The molecule has 2 aromatic heterocycles. The first kappa shape index (κ1) is 21.8. The Morgan fingerprint density at radius 2 is 1.69 bits per heavy atom. The summed E-state index contributed by atoms with van der Waals surface area (Å²) in [5.41, 5.74) is 4.05. The van der Waals surface area contributed by atoms with E-state index in [9.17, 15) is 4.79 Å². The van der Waals surface area contributed by atoms with Gasteiger partial charge < -0.3 is 4.74 Å². The normalized spacial score (nSPS) is 10.8. The van der Waals surface area contributed by atoms with E-state index in [1.165, 1.54) is 11.8 Å². The van der Waals surface area contributed by atoms with Crippen LogP contribution in [0.3, 0.4) is 0 Å². The number of hydrogen-bond donors (Lipinski definition) is 0. The molecule has 0 saturated heterocycles. The van der Waals surface area contributed by atoms with Crippen LogP contribution < -0.4 is 0 Å². The topological polar surface area (TPSA) is 69.9 Å². The molecule has 6 nitrogen and oxygen atoms in total. The zero-order valence-corrected chi connectivity index (χ0v) is 19.1. The van der Waals surface area contributed by atoms with E-state index in [1.54, 1.807) is 6.92 Å². The maximum Gasteiger partial charge on any atom is 0.341 e. The van der Waals surface area contributed by atoms with Gasteiger partial charge in [0.1, 0.15) is 5.82 Å². The maximum absolute atomic E-state index is 12.7. The second-order valence-electron chi connectivity index (χ2n) is 7.28. The lowest BCUT2D eigenvalue weighted by molar-refractivity contribution is 0.0520. The van der Waals surface area contributed by atoms with Crippen molar-refractivity contribution in [3.63, 3.8) is 0 Å². The summed E-state index contributed by atoms with van der Waals surface area (Å²) in [5.74, 6) is 0.445. The van der Waals surface area contributed by atoms with Gasteiger partial charge in [-0.25, -0.2) is 4.79 Å². The standard InChI is InChI=1S/C25H24N4O2S/c1-4-31-24(30)23-18(3)26-17(2)15-21(23)32-25-28-27-22(16-19-11-7-5-8-12-19)29(25)20-13-9-6-10-14-20/h5-15H,4,16H2,1-3H3. The molecule has 0 aliphatic carbocycles. The van der Waals surface area contributed by atoms with Crippen molar-refractivity contribution in [3.05, 3.63) is 95.1 Å². The summed E-state index contributed by atoms with van der Waals surface area (Å²) in [7, 11) is 0. The van der Waals surface area contributed by atoms with E-state index >= 15 is 0 Å². The lowest BCUT2D eigenvalue weighted by Gasteiger charge is -2.13. The fourth-order valence-electron chi connectivity index (χ4n) is 3.52. The number of hydrogen-bond acceptors (Lipinski definition) is 6. The largest absolute Gasteiger partial charge is 0.462 e. The van der Waals surface area contributed by atoms with Crippen LogP contribution in [0.15, 0.2) is 76.8 Å². The molecule has 32 heavy (non-hydrogen) atoms. The molecule has 4 aromatic rings. The number of aryl methyl sites for hydroxylation is 2. The summed E-state index contributed by atoms with van der Waals surface area (Å²) in [6.45, 7) is 5.84. The van der Waals surface area contributed by atoms with Gasteiger partial charge in [-0.05, 0) is 56.3 Å². The van der Waals surface area contributed by atoms with Crippen LogP contribution in [-0.2, 0) is 11.2 Å². The molecule has 162 valence electrons. The third-order valence-corrected chi connectivity index (χ3v) is 5.88. The maximum atomic E-state index is 12.7. The number of nitrogens with zero attached hydrogens (tertiary/aromatic N) is 4. The van der Waals surface area contributed by atoms with Gasteiger partial charge in [-0.1, -0.05) is 48.5 Å². The Kier molecular flexibility index (Phi) is 6.66. The van der Waals surface area contributed by atoms with Crippen molar-refractivity contribution < 1.29 is 9.53 Å². The summed E-state index contributed by atoms with van der Waals surface area (Å²) in [6.07, 6.45) is 0.641. The zero-order chi connectivity index (χ0) is 22.5. The summed E-state index contributed by atoms with van der Waals surface area (Å²) >= 11 is 1.40. The number of esters is 1. The Hall–Kier alpha value is -3.45. The van der Waals surface area contributed by atoms with Gasteiger partial charge >= 0.3 is 5.97 Å². The van der Waals surface area contributed by atoms with Crippen molar-refractivity contribution in [3.8, 4) is 5.69 Å². The molecule has 4 rings (SSSR count). The van der Waals surface area contributed by atoms with Gasteiger partial charge in [0.05, 0.1) is 17.9 Å². The average molecular weight is 445 g/mol. The number of aromatic nitrogens is 4. The molecule has 0 unspecified atom stereocenters. The van der Waals surface area contributed by atoms with Crippen molar-refractivity contribution in [1.29, 1.82) is 0 Å². The number of carbonyl (C=O) groups is 1. The van der Waals surface area contributed by atoms with E-state index in [0.717, 1.165) is 27.7 Å². The first-order valence-electron chi connectivity index (χ1n) is 10.4. The van der Waals surface area contributed by atoms with Crippen LogP contribution in [0, 0.1) is 13.8 Å². The van der Waals surface area contributed by atoms with Gasteiger partial charge in [-0.2, -0.15) is 0 Å². The Morgan fingerprint density at radius 1 is 1.00 bits per heavy atom. The van der Waals surface area contributed by atoms with Crippen molar-refractivity contribution in [2.24, 2.45) is 0 Å². The molecule has 0 radical (unpaired) electrons. The number of para-hydroxylation sites is 1. The van der Waals surface area contributed by atoms with Crippen LogP contribution in [0.1, 0.15) is 40.1 Å². The van der Waals surface area contributed by atoms with Crippen LogP contribution in [-0.4, -0.2) is 32.3 Å². The average Bonchev–Trinajstić information content (AvgIpc) is 3.16. The van der Waals surface area contributed by atoms with Crippen molar-refractivity contribution >= 4 is 17.7 Å². The molecule has 0 fully saturated rings. The predicted octanol–water partition coefficient (Wildman–Crippen LogP) is 5.20. The van der Waals surface area contributed by atoms with Crippen LogP contribution in [0.2, 0.25) is 0 Å². The molecule has 0 N–H and O–H groups in total. The fraction of sp³-hybridized carbons (Fsp3) is 0.200. The Bertz CT molecular complexity index is 1220. The molecular weight excluding hydrogens is 420 g/mol. The van der Waals surface area contributed by atoms with E-state index in [0.29, 0.717) is 29.4 Å². The third kappa shape index (κ3) is 4.73. The SMILES string of the molecule is CCOC(=O)c1c(Sc2nnc(Cc3ccccc3)n2-c2ccccc2)cc(C)nc1C. The van der Waals surface area contributed by atoms with Crippen LogP contribution in [0.25, 0.3) is 5.69 Å². The minimum absolute atomic E-state index is 0.303. The van der Waals surface area contributed by atoms with E-state index < -0.39 is 0 Å². The molecule has 0 bridgehead atoms. The van der Waals surface area contributed by atoms with E-state index in [1.807, 2.05) is 73.0 Å². The quantitative estimate of drug-likeness (QED) is 0.365. The number of pyridine rings is 1. The highest BCUT2D eigenvalue weighted by atomic mass is 32.2. The monoisotopic (exact) mass is 444 g/mol. The molecule has 0 aliphatic rings. The van der Waals surface area contributed by atoms with Gasteiger partial charge in [-0.15, -0.1) is 10.2 Å². The van der Waals surface area contributed by atoms with Crippen molar-refractivity contribution in [2.45, 2.75) is 37.2 Å². The van der Waals surface area contributed by atoms with Crippen LogP contribution in [0.5, 0.6) is 0 Å². The second kappa shape index (κ2) is 9.78. The molecule has 2 aromatic carbocycles. The zero-order valence-electron chi connectivity index (χ0n) is 18.3. The van der Waals surface area contributed by atoms with Gasteiger partial charge in [0.15, 0.2) is 0 Å². The van der Waals surface area contributed by atoms with E-state index in [4.69, 9.17) is 4.74 Å². The highest BCUT2D eigenvalue weighted by Gasteiger charge is 2.22. The molecule has 0 saturated carbocycles. The van der Waals surface area contributed by atoms with Crippen LogP contribution >= 0.6 is 11.8 Å². The van der Waals surface area contributed by atoms with Gasteiger partial charge in [-0.3, -0.25) is 9.55 Å². The fourth-order valence-corrected chi connectivity index (χ4v) is 4.66. The van der Waals surface area contributed by atoms with Crippen LogP contribution in [0.4, 0.5) is 0 Å². The number of ether oxygens (including phenoxy) is 1. The molecule has 7 heteroatoms. The van der Waals surface area contributed by atoms with Gasteiger partial charge in [0, 0.05) is 22.7 Å². The predicted molar refractivity (Wildman–Crippen MR) is 124 cm³/mol. The van der Waals surface area contributed by atoms with E-state index in [-0.39, 0.29) is 5.97 Å². The molecule has 2 heterocycles. The Labute approximate surface area is 191 Å². The minimum atomic E-state index is -0.379. The third-order valence-electron chi connectivity index (χ3n) is 4.89. The lowest BCUT2D eigenvalue weighted by Crippen LogP contribution is -2.11.